The molecular weight excluding hydrogens is 436 g/mol. The van der Waals surface area contributed by atoms with Gasteiger partial charge in [-0.15, -0.1) is 0 Å². The van der Waals surface area contributed by atoms with Crippen molar-refractivity contribution < 1.29 is 9.53 Å². The molecule has 1 atom stereocenters. The number of nitriles is 1. The Kier molecular flexibility index (Phi) is 5.56. The van der Waals surface area contributed by atoms with Gasteiger partial charge in [-0.2, -0.15) is 5.26 Å². The molecule has 5 rings (SSSR count). The summed E-state index contributed by atoms with van der Waals surface area (Å²) in [5.74, 6) is 0. The first-order chi connectivity index (χ1) is 16.8. The van der Waals surface area contributed by atoms with Gasteiger partial charge in [-0.05, 0) is 74.9 Å². The van der Waals surface area contributed by atoms with Gasteiger partial charge < -0.3 is 10.1 Å². The Balaban J connectivity index is 1.74. The van der Waals surface area contributed by atoms with E-state index < -0.39 is 11.7 Å². The minimum atomic E-state index is -0.553. The Morgan fingerprint density at radius 3 is 2.60 bits per heavy atom. The Labute approximate surface area is 204 Å². The summed E-state index contributed by atoms with van der Waals surface area (Å²) in [6, 6.07) is 18.3. The van der Waals surface area contributed by atoms with Crippen LogP contribution in [0.25, 0.3) is 33.4 Å². The number of rotatable bonds is 3. The van der Waals surface area contributed by atoms with Crippen LogP contribution in [0.1, 0.15) is 50.3 Å². The first-order valence-corrected chi connectivity index (χ1v) is 11.9. The lowest BCUT2D eigenvalue weighted by molar-refractivity contribution is 0.0514. The number of carbonyl (C=O) groups is 1. The second-order valence-corrected chi connectivity index (χ2v) is 9.95. The van der Waals surface area contributed by atoms with Crippen molar-refractivity contribution in [2.75, 3.05) is 0 Å². The number of nitrogens with zero attached hydrogens (tertiary/aromatic N) is 3. The van der Waals surface area contributed by atoms with Gasteiger partial charge in [0.25, 0.3) is 0 Å². The molecule has 1 N–H and O–H groups in total. The number of allylic oxidation sites excluding steroid dienone is 1. The van der Waals surface area contributed by atoms with Crippen LogP contribution in [0.15, 0.2) is 60.8 Å². The highest BCUT2D eigenvalue weighted by Crippen LogP contribution is 2.43. The van der Waals surface area contributed by atoms with Gasteiger partial charge in [0, 0.05) is 11.8 Å². The summed E-state index contributed by atoms with van der Waals surface area (Å²) in [6.07, 6.45) is 5.27. The number of aromatic nitrogens is 2. The van der Waals surface area contributed by atoms with Gasteiger partial charge >= 0.3 is 6.09 Å². The number of fused-ring (bicyclic) bond motifs is 3. The van der Waals surface area contributed by atoms with Crippen LogP contribution in [0.4, 0.5) is 4.79 Å². The summed E-state index contributed by atoms with van der Waals surface area (Å²) in [5, 5.41) is 13.1. The molecule has 0 saturated heterocycles. The van der Waals surface area contributed by atoms with Gasteiger partial charge in [-0.3, -0.25) is 4.40 Å². The Morgan fingerprint density at radius 2 is 1.89 bits per heavy atom. The summed E-state index contributed by atoms with van der Waals surface area (Å²) < 4.78 is 7.53. The normalized spacial score (nSPS) is 15.7. The van der Waals surface area contributed by atoms with Gasteiger partial charge in [-0.1, -0.05) is 42.5 Å². The number of nitrogens with one attached hydrogen (secondary N) is 1. The average molecular weight is 465 g/mol. The molecule has 0 aliphatic heterocycles. The Hall–Kier alpha value is -4.11. The van der Waals surface area contributed by atoms with Crippen LogP contribution in [-0.4, -0.2) is 27.1 Å². The van der Waals surface area contributed by atoms with E-state index in [0.29, 0.717) is 11.1 Å². The molecule has 2 aromatic carbocycles. The van der Waals surface area contributed by atoms with Gasteiger partial charge in [-0.25, -0.2) is 9.78 Å². The van der Waals surface area contributed by atoms with Crippen molar-refractivity contribution in [3.05, 3.63) is 77.5 Å². The molecule has 6 nitrogen and oxygen atoms in total. The number of hydrogen-bond acceptors (Lipinski definition) is 4. The van der Waals surface area contributed by atoms with Crippen LogP contribution in [0, 0.1) is 18.3 Å². The Bertz CT molecular complexity index is 1520. The van der Waals surface area contributed by atoms with Crippen molar-refractivity contribution >= 4 is 28.3 Å². The molecule has 2 aromatic heterocycles. The highest BCUT2D eigenvalue weighted by Gasteiger charge is 2.28. The topological polar surface area (TPSA) is 79.4 Å². The van der Waals surface area contributed by atoms with Gasteiger partial charge in [0.05, 0.1) is 17.1 Å². The fourth-order valence-electron chi connectivity index (χ4n) is 4.93. The highest BCUT2D eigenvalue weighted by molar-refractivity contribution is 6.03. The lowest BCUT2D eigenvalue weighted by atomic mass is 9.86. The monoisotopic (exact) mass is 464 g/mol. The number of ether oxygens (including phenoxy) is 1. The van der Waals surface area contributed by atoms with Gasteiger partial charge in [0.1, 0.15) is 22.8 Å². The molecule has 0 saturated carbocycles. The lowest BCUT2D eigenvalue weighted by Crippen LogP contribution is -2.37. The van der Waals surface area contributed by atoms with Crippen LogP contribution in [0.3, 0.4) is 0 Å². The highest BCUT2D eigenvalue weighted by atomic mass is 16.6. The number of hydrogen-bond donors (Lipinski definition) is 1. The molecule has 1 aliphatic carbocycles. The minimum Gasteiger partial charge on any atom is -0.444 e. The van der Waals surface area contributed by atoms with Crippen molar-refractivity contribution in [1.29, 1.82) is 5.26 Å². The lowest BCUT2D eigenvalue weighted by Gasteiger charge is -2.21. The molecule has 1 aliphatic rings. The molecule has 35 heavy (non-hydrogen) atoms. The van der Waals surface area contributed by atoms with E-state index >= 15 is 0 Å². The first-order valence-electron chi connectivity index (χ1n) is 11.9. The number of alkyl carbamates (subject to hydrolysis) is 1. The zero-order valence-corrected chi connectivity index (χ0v) is 20.4. The third-order valence-corrected chi connectivity index (χ3v) is 6.33. The smallest absolute Gasteiger partial charge is 0.408 e. The zero-order chi connectivity index (χ0) is 24.7. The fraction of sp³-hybridized carbons (Fsp3) is 0.276. The van der Waals surface area contributed by atoms with Crippen molar-refractivity contribution in [2.24, 2.45) is 0 Å². The molecule has 2 heterocycles. The molecular formula is C29H28N4O2. The maximum absolute atomic E-state index is 12.4. The van der Waals surface area contributed by atoms with Crippen LogP contribution in [-0.2, 0) is 4.74 Å². The van der Waals surface area contributed by atoms with E-state index in [9.17, 15) is 10.1 Å². The SMILES string of the molecule is Cc1c(-c2ccccc2)c(C2=CC(NC(=O)OC(C)(C)C)CC2)c2c(nc3ccccn32)c1C#N. The summed E-state index contributed by atoms with van der Waals surface area (Å²) in [4.78, 5) is 17.3. The summed E-state index contributed by atoms with van der Waals surface area (Å²) in [7, 11) is 0. The summed E-state index contributed by atoms with van der Waals surface area (Å²) in [6.45, 7) is 7.57. The van der Waals surface area contributed by atoms with Crippen LogP contribution < -0.4 is 5.32 Å². The number of pyridine rings is 1. The summed E-state index contributed by atoms with van der Waals surface area (Å²) in [5.41, 5.74) is 7.65. The van der Waals surface area contributed by atoms with E-state index in [1.54, 1.807) is 0 Å². The van der Waals surface area contributed by atoms with E-state index in [1.165, 1.54) is 0 Å². The fourth-order valence-corrected chi connectivity index (χ4v) is 4.93. The minimum absolute atomic E-state index is 0.131. The largest absolute Gasteiger partial charge is 0.444 e. The first kappa shape index (κ1) is 22.7. The second kappa shape index (κ2) is 8.59. The number of benzene rings is 2. The predicted octanol–water partition coefficient (Wildman–Crippen LogP) is 6.41. The molecule has 0 fully saturated rings. The van der Waals surface area contributed by atoms with E-state index in [-0.39, 0.29) is 6.04 Å². The van der Waals surface area contributed by atoms with Crippen molar-refractivity contribution in [3.8, 4) is 17.2 Å². The standard InChI is InChI=1S/C29H28N4O2/c1-18-22(17-30)26-27(33-15-9-8-12-23(33)32-26)25(24(18)19-10-6-5-7-11-19)20-13-14-21(16-20)31-28(34)35-29(2,3)4/h5-12,15-16,21H,13-14H2,1-4H3,(H,31,34). The second-order valence-electron chi connectivity index (χ2n) is 9.95. The molecule has 0 spiro atoms. The van der Waals surface area contributed by atoms with Gasteiger partial charge in [0.2, 0.25) is 0 Å². The maximum Gasteiger partial charge on any atom is 0.408 e. The molecule has 0 bridgehead atoms. The number of amides is 1. The van der Waals surface area contributed by atoms with Gasteiger partial charge in [0.15, 0.2) is 0 Å². The van der Waals surface area contributed by atoms with Crippen molar-refractivity contribution in [1.82, 2.24) is 14.7 Å². The predicted molar refractivity (Wildman–Crippen MR) is 138 cm³/mol. The molecule has 1 unspecified atom stereocenters. The van der Waals surface area contributed by atoms with Crippen LogP contribution in [0.2, 0.25) is 0 Å². The molecule has 176 valence electrons. The number of carbonyl (C=O) groups excluding carboxylic acids is 1. The molecule has 1 amide bonds. The van der Waals surface area contributed by atoms with E-state index in [1.807, 2.05) is 70.3 Å². The van der Waals surface area contributed by atoms with E-state index in [0.717, 1.165) is 51.8 Å². The number of imidazole rings is 1. The maximum atomic E-state index is 12.4. The van der Waals surface area contributed by atoms with E-state index in [2.05, 4.69) is 34.0 Å². The van der Waals surface area contributed by atoms with Crippen molar-refractivity contribution in [2.45, 2.75) is 52.2 Å². The zero-order valence-electron chi connectivity index (χ0n) is 20.4. The van der Waals surface area contributed by atoms with Crippen LogP contribution >= 0.6 is 0 Å². The third kappa shape index (κ3) is 4.15. The molecule has 6 heteroatoms. The third-order valence-electron chi connectivity index (χ3n) is 6.33. The quantitative estimate of drug-likeness (QED) is 0.380. The summed E-state index contributed by atoms with van der Waals surface area (Å²) >= 11 is 0. The van der Waals surface area contributed by atoms with Crippen LogP contribution in [0.5, 0.6) is 0 Å². The Morgan fingerprint density at radius 1 is 1.14 bits per heavy atom. The van der Waals surface area contributed by atoms with Crippen molar-refractivity contribution in [3.63, 3.8) is 0 Å². The molecule has 0 radical (unpaired) electrons. The van der Waals surface area contributed by atoms with E-state index in [4.69, 9.17) is 9.72 Å². The average Bonchev–Trinajstić information content (AvgIpc) is 3.42. The molecule has 4 aromatic rings.